The molecule has 1 aliphatic rings. The van der Waals surface area contributed by atoms with Gasteiger partial charge in [-0.3, -0.25) is 9.59 Å². The Bertz CT molecular complexity index is 741. The SMILES string of the molecule is Cc1nn(-c2ccccc2)nc1C(=O)NCCN1CCCCCC1=O. The summed E-state index contributed by atoms with van der Waals surface area (Å²) in [6.45, 7) is 3.50. The van der Waals surface area contributed by atoms with Crippen molar-refractivity contribution >= 4 is 11.8 Å². The molecule has 25 heavy (non-hydrogen) atoms. The number of aromatic nitrogens is 3. The summed E-state index contributed by atoms with van der Waals surface area (Å²) < 4.78 is 0. The number of aryl methyl sites for hydroxylation is 1. The van der Waals surface area contributed by atoms with Crippen molar-refractivity contribution in [3.05, 3.63) is 41.7 Å². The smallest absolute Gasteiger partial charge is 0.273 e. The molecule has 7 nitrogen and oxygen atoms in total. The summed E-state index contributed by atoms with van der Waals surface area (Å²) in [5.74, 6) is -0.0834. The third-order valence-corrected chi connectivity index (χ3v) is 4.32. The maximum absolute atomic E-state index is 12.4. The topological polar surface area (TPSA) is 80.1 Å². The molecule has 1 aliphatic heterocycles. The van der Waals surface area contributed by atoms with Crippen LogP contribution in [0, 0.1) is 6.92 Å². The Hall–Kier alpha value is -2.70. The van der Waals surface area contributed by atoms with Gasteiger partial charge in [-0.15, -0.1) is 5.10 Å². The maximum Gasteiger partial charge on any atom is 0.273 e. The van der Waals surface area contributed by atoms with Gasteiger partial charge in [0.15, 0.2) is 5.69 Å². The molecule has 1 N–H and O–H groups in total. The predicted octanol–water partition coefficient (Wildman–Crippen LogP) is 1.71. The molecule has 2 amide bonds. The van der Waals surface area contributed by atoms with Crippen LogP contribution in [0.25, 0.3) is 5.69 Å². The van der Waals surface area contributed by atoms with Gasteiger partial charge in [0.05, 0.1) is 11.4 Å². The highest BCUT2D eigenvalue weighted by Gasteiger charge is 2.18. The normalized spacial score (nSPS) is 15.1. The number of carbonyl (C=O) groups excluding carboxylic acids is 2. The highest BCUT2D eigenvalue weighted by atomic mass is 16.2. The van der Waals surface area contributed by atoms with Gasteiger partial charge in [0, 0.05) is 26.1 Å². The minimum atomic E-state index is -0.262. The van der Waals surface area contributed by atoms with E-state index in [-0.39, 0.29) is 11.8 Å². The van der Waals surface area contributed by atoms with Crippen molar-refractivity contribution in [2.24, 2.45) is 0 Å². The van der Waals surface area contributed by atoms with Crippen molar-refractivity contribution in [2.75, 3.05) is 19.6 Å². The summed E-state index contributed by atoms with van der Waals surface area (Å²) in [5.41, 5.74) is 1.69. The Balaban J connectivity index is 1.58. The second-order valence-electron chi connectivity index (χ2n) is 6.21. The van der Waals surface area contributed by atoms with Gasteiger partial charge >= 0.3 is 0 Å². The molecule has 1 aromatic heterocycles. The standard InChI is InChI=1S/C18H23N5O2/c1-14-17(21-23(20-14)15-8-4-2-5-9-15)18(25)19-11-13-22-12-7-3-6-10-16(22)24/h2,4-5,8-9H,3,6-7,10-13H2,1H3,(H,19,25). The molecule has 0 radical (unpaired) electrons. The van der Waals surface area contributed by atoms with Crippen LogP contribution in [0.5, 0.6) is 0 Å². The second-order valence-corrected chi connectivity index (χ2v) is 6.21. The van der Waals surface area contributed by atoms with E-state index in [4.69, 9.17) is 0 Å². The molecule has 2 heterocycles. The number of nitrogens with zero attached hydrogens (tertiary/aromatic N) is 4. The molecule has 3 rings (SSSR count). The minimum absolute atomic E-state index is 0.179. The van der Waals surface area contributed by atoms with Crippen molar-refractivity contribution in [1.82, 2.24) is 25.2 Å². The van der Waals surface area contributed by atoms with Gasteiger partial charge in [-0.1, -0.05) is 24.6 Å². The van der Waals surface area contributed by atoms with Gasteiger partial charge in [-0.2, -0.15) is 9.90 Å². The van der Waals surface area contributed by atoms with Gasteiger partial charge in [0.2, 0.25) is 5.91 Å². The molecule has 0 aliphatic carbocycles. The lowest BCUT2D eigenvalue weighted by molar-refractivity contribution is -0.130. The van der Waals surface area contributed by atoms with Gasteiger partial charge in [-0.05, 0) is 31.9 Å². The minimum Gasteiger partial charge on any atom is -0.349 e. The van der Waals surface area contributed by atoms with E-state index in [0.717, 1.165) is 31.5 Å². The Kier molecular flexibility index (Phi) is 5.42. The molecule has 1 saturated heterocycles. The fraction of sp³-hybridized carbons (Fsp3) is 0.444. The molecule has 1 fully saturated rings. The summed E-state index contributed by atoms with van der Waals surface area (Å²) in [6.07, 6.45) is 3.70. The van der Waals surface area contributed by atoms with Crippen LogP contribution in [-0.4, -0.2) is 51.3 Å². The Labute approximate surface area is 147 Å². The molecular formula is C18H23N5O2. The zero-order chi connectivity index (χ0) is 17.6. The maximum atomic E-state index is 12.4. The number of rotatable bonds is 5. The van der Waals surface area contributed by atoms with Crippen LogP contribution in [0.4, 0.5) is 0 Å². The monoisotopic (exact) mass is 341 g/mol. The molecule has 0 spiro atoms. The molecule has 132 valence electrons. The highest BCUT2D eigenvalue weighted by Crippen LogP contribution is 2.11. The van der Waals surface area contributed by atoms with E-state index in [1.807, 2.05) is 35.2 Å². The van der Waals surface area contributed by atoms with Crippen molar-refractivity contribution in [3.8, 4) is 5.69 Å². The van der Waals surface area contributed by atoms with Gasteiger partial charge in [0.1, 0.15) is 0 Å². The van der Waals surface area contributed by atoms with Gasteiger partial charge in [-0.25, -0.2) is 0 Å². The molecule has 0 bridgehead atoms. The van der Waals surface area contributed by atoms with Crippen LogP contribution in [0.15, 0.2) is 30.3 Å². The average molecular weight is 341 g/mol. The quantitative estimate of drug-likeness (QED) is 0.898. The molecule has 0 saturated carbocycles. The second kappa shape index (κ2) is 7.92. The first kappa shape index (κ1) is 17.1. The van der Waals surface area contributed by atoms with E-state index in [1.165, 1.54) is 4.80 Å². The van der Waals surface area contributed by atoms with E-state index in [0.29, 0.717) is 30.9 Å². The van der Waals surface area contributed by atoms with E-state index in [9.17, 15) is 9.59 Å². The zero-order valence-corrected chi connectivity index (χ0v) is 14.4. The number of hydrogen-bond donors (Lipinski definition) is 1. The Morgan fingerprint density at radius 2 is 1.96 bits per heavy atom. The number of hydrogen-bond acceptors (Lipinski definition) is 4. The van der Waals surface area contributed by atoms with Gasteiger partial charge in [0.25, 0.3) is 5.91 Å². The molecule has 0 atom stereocenters. The largest absolute Gasteiger partial charge is 0.349 e. The first-order valence-electron chi connectivity index (χ1n) is 8.70. The third-order valence-electron chi connectivity index (χ3n) is 4.32. The zero-order valence-electron chi connectivity index (χ0n) is 14.4. The van der Waals surface area contributed by atoms with Crippen LogP contribution < -0.4 is 5.32 Å². The summed E-state index contributed by atoms with van der Waals surface area (Å²) >= 11 is 0. The number of benzene rings is 1. The predicted molar refractivity (Wildman–Crippen MR) is 93.5 cm³/mol. The fourth-order valence-electron chi connectivity index (χ4n) is 2.93. The first-order chi connectivity index (χ1) is 12.1. The lowest BCUT2D eigenvalue weighted by Crippen LogP contribution is -2.38. The lowest BCUT2D eigenvalue weighted by atomic mass is 10.2. The van der Waals surface area contributed by atoms with Crippen LogP contribution in [0.3, 0.4) is 0 Å². The number of amides is 2. The van der Waals surface area contributed by atoms with Crippen LogP contribution in [0.2, 0.25) is 0 Å². The third kappa shape index (κ3) is 4.23. The number of nitrogens with one attached hydrogen (secondary N) is 1. The average Bonchev–Trinajstić information content (AvgIpc) is 2.90. The molecule has 7 heteroatoms. The van der Waals surface area contributed by atoms with Crippen molar-refractivity contribution in [3.63, 3.8) is 0 Å². The van der Waals surface area contributed by atoms with Crippen LogP contribution in [0.1, 0.15) is 41.9 Å². The van der Waals surface area contributed by atoms with Crippen LogP contribution >= 0.6 is 0 Å². The van der Waals surface area contributed by atoms with E-state index in [1.54, 1.807) is 6.92 Å². The molecular weight excluding hydrogens is 318 g/mol. The Morgan fingerprint density at radius 3 is 2.76 bits per heavy atom. The first-order valence-corrected chi connectivity index (χ1v) is 8.70. The highest BCUT2D eigenvalue weighted by molar-refractivity contribution is 5.93. The molecule has 0 unspecified atom stereocenters. The van der Waals surface area contributed by atoms with Crippen molar-refractivity contribution in [2.45, 2.75) is 32.6 Å². The van der Waals surface area contributed by atoms with Gasteiger partial charge < -0.3 is 10.2 Å². The molecule has 1 aromatic carbocycles. The van der Waals surface area contributed by atoms with E-state index in [2.05, 4.69) is 15.5 Å². The van der Waals surface area contributed by atoms with Crippen molar-refractivity contribution < 1.29 is 9.59 Å². The number of likely N-dealkylation sites (tertiary alicyclic amines) is 1. The van der Waals surface area contributed by atoms with E-state index < -0.39 is 0 Å². The summed E-state index contributed by atoms with van der Waals surface area (Å²) in [4.78, 5) is 27.6. The van der Waals surface area contributed by atoms with Crippen LogP contribution in [-0.2, 0) is 4.79 Å². The fourth-order valence-corrected chi connectivity index (χ4v) is 2.93. The lowest BCUT2D eigenvalue weighted by Gasteiger charge is -2.20. The van der Waals surface area contributed by atoms with Crippen molar-refractivity contribution in [1.29, 1.82) is 0 Å². The van der Waals surface area contributed by atoms with E-state index >= 15 is 0 Å². The summed E-state index contributed by atoms with van der Waals surface area (Å²) in [5, 5.41) is 11.4. The summed E-state index contributed by atoms with van der Waals surface area (Å²) in [7, 11) is 0. The Morgan fingerprint density at radius 1 is 1.16 bits per heavy atom. The molecule has 2 aromatic rings. The summed E-state index contributed by atoms with van der Waals surface area (Å²) in [6, 6.07) is 9.47. The number of para-hydroxylation sites is 1. The number of carbonyl (C=O) groups is 2.